The lowest BCUT2D eigenvalue weighted by atomic mass is 9.72. The Morgan fingerprint density at radius 1 is 1.07 bits per heavy atom. The highest BCUT2D eigenvalue weighted by molar-refractivity contribution is 5.83. The van der Waals surface area contributed by atoms with E-state index < -0.39 is 11.6 Å². The fraction of sp³-hybridized carbons (Fsp3) is 0.400. The maximum atomic E-state index is 15.1. The Kier molecular flexibility index (Phi) is 6.12. The lowest BCUT2D eigenvalue weighted by Gasteiger charge is -2.53. The normalized spacial score (nSPS) is 20.5. The van der Waals surface area contributed by atoms with Gasteiger partial charge in [-0.1, -0.05) is 12.1 Å². The standard InChI is InChI=1S/C30H32F2N8/c1-3-21-5-7-26-36-28-22(31)12-20(13-24(28)40(21)26)27-23(32)15-34-29(37-27)35-25-6-4-19(14-33-25)16-39-10-8-30(9-11-39)17-38(2)18-30/h3-4,6,12-15,21H,1,5,7-11,16-18H2,2H3,(H,33,34,35,37)/t21-/m1/s1. The number of fused-ring (bicyclic) bond motifs is 3. The zero-order valence-electron chi connectivity index (χ0n) is 22.6. The van der Waals surface area contributed by atoms with Crippen LogP contribution in [0.4, 0.5) is 20.5 Å². The number of halogens is 2. The molecule has 206 valence electrons. The quantitative estimate of drug-likeness (QED) is 0.340. The van der Waals surface area contributed by atoms with E-state index in [0.717, 1.165) is 50.1 Å². The van der Waals surface area contributed by atoms with Gasteiger partial charge < -0.3 is 14.8 Å². The molecule has 40 heavy (non-hydrogen) atoms. The average molecular weight is 543 g/mol. The molecule has 10 heteroatoms. The Balaban J connectivity index is 1.07. The third-order valence-electron chi connectivity index (χ3n) is 8.70. The van der Waals surface area contributed by atoms with Crippen molar-refractivity contribution in [2.45, 2.75) is 38.3 Å². The molecule has 3 aliphatic rings. The number of piperidine rings is 1. The van der Waals surface area contributed by atoms with Crippen molar-refractivity contribution in [1.82, 2.24) is 34.3 Å². The van der Waals surface area contributed by atoms with Crippen LogP contribution in [-0.4, -0.2) is 67.5 Å². The molecule has 1 N–H and O–H groups in total. The minimum atomic E-state index is -0.633. The predicted octanol–water partition coefficient (Wildman–Crippen LogP) is 5.11. The molecule has 4 aromatic rings. The van der Waals surface area contributed by atoms with Crippen LogP contribution in [0.3, 0.4) is 0 Å². The van der Waals surface area contributed by atoms with E-state index in [2.05, 4.69) is 48.7 Å². The molecule has 0 aliphatic carbocycles. The predicted molar refractivity (Wildman–Crippen MR) is 150 cm³/mol. The zero-order chi connectivity index (χ0) is 27.4. The number of nitrogens with zero attached hydrogens (tertiary/aromatic N) is 7. The lowest BCUT2D eigenvalue weighted by molar-refractivity contribution is -0.0329. The molecule has 7 rings (SSSR count). The topological polar surface area (TPSA) is 75.0 Å². The van der Waals surface area contributed by atoms with E-state index in [1.165, 1.54) is 32.0 Å². The number of nitrogens with one attached hydrogen (secondary N) is 1. The van der Waals surface area contributed by atoms with Crippen LogP contribution in [0.1, 0.15) is 36.7 Å². The van der Waals surface area contributed by atoms with Crippen LogP contribution in [0.15, 0.2) is 49.3 Å². The molecule has 8 nitrogen and oxygen atoms in total. The molecule has 1 aromatic carbocycles. The van der Waals surface area contributed by atoms with Gasteiger partial charge in [-0.05, 0) is 68.6 Å². The van der Waals surface area contributed by atoms with Gasteiger partial charge in [-0.2, -0.15) is 0 Å². The average Bonchev–Trinajstić information content (AvgIpc) is 3.51. The Bertz CT molecular complexity index is 1580. The van der Waals surface area contributed by atoms with Crippen molar-refractivity contribution < 1.29 is 8.78 Å². The number of benzene rings is 1. The molecule has 1 atom stereocenters. The van der Waals surface area contributed by atoms with Crippen molar-refractivity contribution in [1.29, 1.82) is 0 Å². The van der Waals surface area contributed by atoms with E-state index in [9.17, 15) is 4.39 Å². The smallest absolute Gasteiger partial charge is 0.229 e. The maximum absolute atomic E-state index is 15.1. The third-order valence-corrected chi connectivity index (χ3v) is 8.70. The van der Waals surface area contributed by atoms with Gasteiger partial charge in [-0.3, -0.25) is 4.90 Å². The third kappa shape index (κ3) is 4.45. The van der Waals surface area contributed by atoms with Gasteiger partial charge in [0.15, 0.2) is 11.6 Å². The minimum absolute atomic E-state index is 0.0131. The van der Waals surface area contributed by atoms with Gasteiger partial charge in [0.1, 0.15) is 22.9 Å². The molecule has 2 fully saturated rings. The summed E-state index contributed by atoms with van der Waals surface area (Å²) >= 11 is 0. The van der Waals surface area contributed by atoms with E-state index in [-0.39, 0.29) is 23.2 Å². The monoisotopic (exact) mass is 542 g/mol. The molecule has 0 saturated carbocycles. The lowest BCUT2D eigenvalue weighted by Crippen LogP contribution is -2.58. The summed E-state index contributed by atoms with van der Waals surface area (Å²) in [4.78, 5) is 22.4. The fourth-order valence-corrected chi connectivity index (χ4v) is 6.71. The molecule has 0 bridgehead atoms. The van der Waals surface area contributed by atoms with Gasteiger partial charge in [0.2, 0.25) is 5.95 Å². The summed E-state index contributed by atoms with van der Waals surface area (Å²) in [6.07, 6.45) is 8.91. The molecule has 6 heterocycles. The first kappa shape index (κ1) is 25.2. The number of allylic oxidation sites excluding steroid dienone is 1. The first-order valence-electron chi connectivity index (χ1n) is 13.9. The van der Waals surface area contributed by atoms with Crippen LogP contribution < -0.4 is 5.32 Å². The zero-order valence-corrected chi connectivity index (χ0v) is 22.6. The highest BCUT2D eigenvalue weighted by Crippen LogP contribution is 2.40. The molecule has 0 radical (unpaired) electrons. The summed E-state index contributed by atoms with van der Waals surface area (Å²) in [6, 6.07) is 6.98. The molecule has 0 unspecified atom stereocenters. The van der Waals surface area contributed by atoms with E-state index in [0.29, 0.717) is 22.3 Å². The fourth-order valence-electron chi connectivity index (χ4n) is 6.71. The van der Waals surface area contributed by atoms with Gasteiger partial charge in [0.05, 0.1) is 17.8 Å². The van der Waals surface area contributed by atoms with E-state index >= 15 is 4.39 Å². The number of pyridine rings is 1. The Morgan fingerprint density at radius 3 is 2.62 bits per heavy atom. The molecular weight excluding hydrogens is 510 g/mol. The van der Waals surface area contributed by atoms with Crippen LogP contribution in [0.25, 0.3) is 22.3 Å². The van der Waals surface area contributed by atoms with Gasteiger partial charge in [0, 0.05) is 37.8 Å². The van der Waals surface area contributed by atoms with Crippen molar-refractivity contribution in [2.75, 3.05) is 38.5 Å². The van der Waals surface area contributed by atoms with Crippen molar-refractivity contribution >= 4 is 22.8 Å². The SMILES string of the molecule is C=C[C@@H]1CCc2nc3c(F)cc(-c4nc(Nc5ccc(CN6CCC7(CC6)CN(C)C7)cn5)ncc4F)cc3n21. The van der Waals surface area contributed by atoms with Crippen LogP contribution in [0, 0.1) is 17.0 Å². The Hall–Kier alpha value is -3.76. The minimum Gasteiger partial charge on any atom is -0.321 e. The van der Waals surface area contributed by atoms with Gasteiger partial charge in [-0.25, -0.2) is 28.7 Å². The second kappa shape index (κ2) is 9.71. The van der Waals surface area contributed by atoms with Crippen molar-refractivity contribution in [3.8, 4) is 11.3 Å². The molecular formula is C30H32F2N8. The molecule has 3 aromatic heterocycles. The number of rotatable bonds is 6. The highest BCUT2D eigenvalue weighted by atomic mass is 19.1. The summed E-state index contributed by atoms with van der Waals surface area (Å²) in [6.45, 7) is 9.45. The number of hydrogen-bond donors (Lipinski definition) is 1. The van der Waals surface area contributed by atoms with Gasteiger partial charge in [-0.15, -0.1) is 6.58 Å². The Labute approximate surface area is 231 Å². The van der Waals surface area contributed by atoms with Crippen molar-refractivity contribution in [2.24, 2.45) is 5.41 Å². The number of anilines is 2. The Morgan fingerprint density at radius 2 is 1.90 bits per heavy atom. The second-order valence-electron chi connectivity index (χ2n) is 11.6. The van der Waals surface area contributed by atoms with E-state index in [1.54, 1.807) is 6.07 Å². The first-order chi connectivity index (χ1) is 19.4. The van der Waals surface area contributed by atoms with Crippen LogP contribution in [0.2, 0.25) is 0 Å². The van der Waals surface area contributed by atoms with Crippen LogP contribution in [-0.2, 0) is 13.0 Å². The van der Waals surface area contributed by atoms with Crippen LogP contribution >= 0.6 is 0 Å². The first-order valence-corrected chi connectivity index (χ1v) is 13.9. The van der Waals surface area contributed by atoms with E-state index in [4.69, 9.17) is 0 Å². The second-order valence-corrected chi connectivity index (χ2v) is 11.6. The number of aryl methyl sites for hydroxylation is 1. The summed E-state index contributed by atoms with van der Waals surface area (Å²) < 4.78 is 32.0. The van der Waals surface area contributed by atoms with Crippen LogP contribution in [0.5, 0.6) is 0 Å². The molecule has 1 spiro atoms. The number of likely N-dealkylation sites (tertiary alicyclic amines) is 2. The number of hydrogen-bond acceptors (Lipinski definition) is 7. The summed E-state index contributed by atoms with van der Waals surface area (Å²) in [5, 5.41) is 3.06. The summed E-state index contributed by atoms with van der Waals surface area (Å²) in [7, 11) is 2.19. The molecule has 0 amide bonds. The van der Waals surface area contributed by atoms with Gasteiger partial charge >= 0.3 is 0 Å². The molecule has 3 aliphatic heterocycles. The highest BCUT2D eigenvalue weighted by Gasteiger charge is 2.42. The largest absolute Gasteiger partial charge is 0.321 e. The maximum Gasteiger partial charge on any atom is 0.229 e. The van der Waals surface area contributed by atoms with Crippen molar-refractivity contribution in [3.05, 3.63) is 72.3 Å². The number of aromatic nitrogens is 5. The van der Waals surface area contributed by atoms with Crippen molar-refractivity contribution in [3.63, 3.8) is 0 Å². The number of imidazole rings is 1. The van der Waals surface area contributed by atoms with Gasteiger partial charge in [0.25, 0.3) is 0 Å². The summed E-state index contributed by atoms with van der Waals surface area (Å²) in [5.74, 6) is 0.412. The summed E-state index contributed by atoms with van der Waals surface area (Å²) in [5.41, 5.74) is 2.91. The molecule has 2 saturated heterocycles. The van der Waals surface area contributed by atoms with E-state index in [1.807, 2.05) is 29.0 Å².